The summed E-state index contributed by atoms with van der Waals surface area (Å²) in [5.41, 5.74) is 8.83. The number of nitrogens with two attached hydrogens (primary N) is 1. The van der Waals surface area contributed by atoms with Gasteiger partial charge in [0.05, 0.1) is 13.2 Å². The van der Waals surface area contributed by atoms with E-state index in [1.165, 1.54) is 11.1 Å². The highest BCUT2D eigenvalue weighted by Gasteiger charge is 2.29. The maximum Gasteiger partial charge on any atom is 0.0623 e. The predicted octanol–water partition coefficient (Wildman–Crippen LogP) is 1.88. The Bertz CT molecular complexity index is 424. The molecule has 3 rings (SSSR count). The second kappa shape index (κ2) is 4.69. The standard InChI is InChI=1S/C13H17BrN2O/c14-11-2-1-9-5-16(6-10(9)3-11)13-4-12(15)7-17-8-13/h1-3,12-13H,4-8,15H2. The van der Waals surface area contributed by atoms with Crippen molar-refractivity contribution in [3.05, 3.63) is 33.8 Å². The summed E-state index contributed by atoms with van der Waals surface area (Å²) in [5.74, 6) is 0. The van der Waals surface area contributed by atoms with Gasteiger partial charge in [-0.15, -0.1) is 0 Å². The molecule has 0 saturated carbocycles. The van der Waals surface area contributed by atoms with Gasteiger partial charge in [-0.2, -0.15) is 0 Å². The van der Waals surface area contributed by atoms with Gasteiger partial charge in [-0.05, 0) is 29.7 Å². The molecule has 0 amide bonds. The molecule has 0 bridgehead atoms. The molecule has 0 radical (unpaired) electrons. The van der Waals surface area contributed by atoms with Crippen LogP contribution in [0.1, 0.15) is 17.5 Å². The van der Waals surface area contributed by atoms with Crippen LogP contribution < -0.4 is 5.73 Å². The summed E-state index contributed by atoms with van der Waals surface area (Å²) in [6.07, 6.45) is 1.05. The summed E-state index contributed by atoms with van der Waals surface area (Å²) in [4.78, 5) is 2.48. The zero-order chi connectivity index (χ0) is 11.8. The van der Waals surface area contributed by atoms with E-state index in [0.717, 1.165) is 30.6 Å². The average Bonchev–Trinajstić information content (AvgIpc) is 2.72. The molecule has 1 aromatic carbocycles. The third-order valence-electron chi connectivity index (χ3n) is 3.65. The number of rotatable bonds is 1. The van der Waals surface area contributed by atoms with Gasteiger partial charge >= 0.3 is 0 Å². The molecule has 2 unspecified atom stereocenters. The Hall–Kier alpha value is -0.420. The number of fused-ring (bicyclic) bond motifs is 1. The normalized spacial score (nSPS) is 29.3. The molecule has 1 saturated heterocycles. The molecular weight excluding hydrogens is 280 g/mol. The molecular formula is C13H17BrN2O. The molecule has 1 aromatic rings. The van der Waals surface area contributed by atoms with Crippen LogP contribution in [0.2, 0.25) is 0 Å². The molecule has 2 atom stereocenters. The van der Waals surface area contributed by atoms with Gasteiger partial charge in [-0.3, -0.25) is 4.90 Å². The Morgan fingerprint density at radius 3 is 2.88 bits per heavy atom. The molecule has 1 fully saturated rings. The minimum absolute atomic E-state index is 0.198. The zero-order valence-electron chi connectivity index (χ0n) is 9.73. The lowest BCUT2D eigenvalue weighted by molar-refractivity contribution is 0.00549. The number of hydrogen-bond donors (Lipinski definition) is 1. The fourth-order valence-corrected chi connectivity index (χ4v) is 3.15. The van der Waals surface area contributed by atoms with Crippen molar-refractivity contribution >= 4 is 15.9 Å². The third-order valence-corrected chi connectivity index (χ3v) is 4.14. The summed E-state index contributed by atoms with van der Waals surface area (Å²) < 4.78 is 6.72. The van der Waals surface area contributed by atoms with E-state index in [2.05, 4.69) is 39.0 Å². The summed E-state index contributed by atoms with van der Waals surface area (Å²) >= 11 is 3.53. The van der Waals surface area contributed by atoms with Crippen LogP contribution in [0.3, 0.4) is 0 Å². The molecule has 3 nitrogen and oxygen atoms in total. The van der Waals surface area contributed by atoms with Crippen LogP contribution >= 0.6 is 15.9 Å². The molecule has 17 heavy (non-hydrogen) atoms. The number of hydrogen-bond acceptors (Lipinski definition) is 3. The maximum absolute atomic E-state index is 5.96. The Labute approximate surface area is 110 Å². The van der Waals surface area contributed by atoms with Crippen LogP contribution in [0.5, 0.6) is 0 Å². The fraction of sp³-hybridized carbons (Fsp3) is 0.538. The quantitative estimate of drug-likeness (QED) is 0.860. The number of ether oxygens (including phenoxy) is 1. The smallest absolute Gasteiger partial charge is 0.0623 e. The molecule has 0 aromatic heterocycles. The monoisotopic (exact) mass is 296 g/mol. The van der Waals surface area contributed by atoms with Crippen LogP contribution in [0.25, 0.3) is 0 Å². The van der Waals surface area contributed by atoms with Crippen molar-refractivity contribution in [1.29, 1.82) is 0 Å². The van der Waals surface area contributed by atoms with Crippen LogP contribution in [0.4, 0.5) is 0 Å². The molecule has 2 N–H and O–H groups in total. The van der Waals surface area contributed by atoms with E-state index >= 15 is 0 Å². The lowest BCUT2D eigenvalue weighted by Gasteiger charge is -2.33. The maximum atomic E-state index is 5.96. The SMILES string of the molecule is NC1COCC(N2Cc3ccc(Br)cc3C2)C1. The van der Waals surface area contributed by atoms with Gasteiger partial charge < -0.3 is 10.5 Å². The third kappa shape index (κ3) is 2.40. The summed E-state index contributed by atoms with van der Waals surface area (Å²) in [6, 6.07) is 7.22. The van der Waals surface area contributed by atoms with Gasteiger partial charge in [0, 0.05) is 29.6 Å². The van der Waals surface area contributed by atoms with E-state index in [1.54, 1.807) is 0 Å². The van der Waals surface area contributed by atoms with Crippen LogP contribution in [0, 0.1) is 0 Å². The highest BCUT2D eigenvalue weighted by molar-refractivity contribution is 9.10. The van der Waals surface area contributed by atoms with E-state index in [-0.39, 0.29) is 6.04 Å². The van der Waals surface area contributed by atoms with Crippen molar-refractivity contribution in [2.75, 3.05) is 13.2 Å². The van der Waals surface area contributed by atoms with Crippen LogP contribution in [-0.4, -0.2) is 30.2 Å². The number of nitrogens with zero attached hydrogens (tertiary/aromatic N) is 1. The Kier molecular flexibility index (Phi) is 3.21. The second-order valence-corrected chi connectivity index (χ2v) is 5.92. The van der Waals surface area contributed by atoms with Gasteiger partial charge in [-0.25, -0.2) is 0 Å². The van der Waals surface area contributed by atoms with Crippen molar-refractivity contribution in [3.63, 3.8) is 0 Å². The summed E-state index contributed by atoms with van der Waals surface area (Å²) in [7, 11) is 0. The van der Waals surface area contributed by atoms with Gasteiger partial charge in [0.1, 0.15) is 0 Å². The van der Waals surface area contributed by atoms with Crippen molar-refractivity contribution in [1.82, 2.24) is 4.90 Å². The van der Waals surface area contributed by atoms with Crippen molar-refractivity contribution < 1.29 is 4.74 Å². The van der Waals surface area contributed by atoms with E-state index in [4.69, 9.17) is 10.5 Å². The Balaban J connectivity index is 1.73. The first kappa shape index (κ1) is 11.7. The zero-order valence-corrected chi connectivity index (χ0v) is 11.3. The molecule has 0 aliphatic carbocycles. The first-order valence-electron chi connectivity index (χ1n) is 6.07. The topological polar surface area (TPSA) is 38.5 Å². The van der Waals surface area contributed by atoms with Crippen molar-refractivity contribution in [2.45, 2.75) is 31.6 Å². The average molecular weight is 297 g/mol. The van der Waals surface area contributed by atoms with Gasteiger partial charge in [0.2, 0.25) is 0 Å². The highest BCUT2D eigenvalue weighted by atomic mass is 79.9. The lowest BCUT2D eigenvalue weighted by atomic mass is 10.1. The van der Waals surface area contributed by atoms with Gasteiger partial charge in [0.25, 0.3) is 0 Å². The predicted molar refractivity (Wildman–Crippen MR) is 70.6 cm³/mol. The van der Waals surface area contributed by atoms with Crippen LogP contribution in [-0.2, 0) is 17.8 Å². The molecule has 2 aliphatic heterocycles. The number of halogens is 1. The minimum atomic E-state index is 0.198. The van der Waals surface area contributed by atoms with E-state index in [0.29, 0.717) is 12.6 Å². The molecule has 2 heterocycles. The minimum Gasteiger partial charge on any atom is -0.378 e. The first-order valence-corrected chi connectivity index (χ1v) is 6.86. The molecule has 0 spiro atoms. The Morgan fingerprint density at radius 2 is 2.06 bits per heavy atom. The van der Waals surface area contributed by atoms with E-state index < -0.39 is 0 Å². The number of benzene rings is 1. The fourth-order valence-electron chi connectivity index (χ4n) is 2.74. The van der Waals surface area contributed by atoms with E-state index in [9.17, 15) is 0 Å². The second-order valence-electron chi connectivity index (χ2n) is 5.01. The Morgan fingerprint density at radius 1 is 1.24 bits per heavy atom. The molecule has 2 aliphatic rings. The van der Waals surface area contributed by atoms with E-state index in [1.807, 2.05) is 0 Å². The van der Waals surface area contributed by atoms with Crippen molar-refractivity contribution in [2.24, 2.45) is 5.73 Å². The molecule has 4 heteroatoms. The molecule has 92 valence electrons. The highest BCUT2D eigenvalue weighted by Crippen LogP contribution is 2.29. The first-order chi connectivity index (χ1) is 8.22. The van der Waals surface area contributed by atoms with Gasteiger partial charge in [0.15, 0.2) is 0 Å². The summed E-state index contributed by atoms with van der Waals surface area (Å²) in [6.45, 7) is 3.59. The largest absolute Gasteiger partial charge is 0.378 e. The lowest BCUT2D eigenvalue weighted by Crippen LogP contribution is -2.46. The van der Waals surface area contributed by atoms with Crippen molar-refractivity contribution in [3.8, 4) is 0 Å². The summed E-state index contributed by atoms with van der Waals surface area (Å²) in [5, 5.41) is 0. The van der Waals surface area contributed by atoms with Crippen LogP contribution in [0.15, 0.2) is 22.7 Å². The van der Waals surface area contributed by atoms with Gasteiger partial charge in [-0.1, -0.05) is 22.0 Å².